The summed E-state index contributed by atoms with van der Waals surface area (Å²) in [7, 11) is 0. The Kier molecular flexibility index (Phi) is 12.2. The topological polar surface area (TPSA) is 31.0 Å². The van der Waals surface area contributed by atoms with Gasteiger partial charge in [0.15, 0.2) is 0 Å². The summed E-state index contributed by atoms with van der Waals surface area (Å²) in [5.41, 5.74) is 0. The minimum atomic E-state index is 0.389. The van der Waals surface area contributed by atoms with Crippen LogP contribution in [-0.2, 0) is 14.2 Å². The van der Waals surface area contributed by atoms with Crippen molar-refractivity contribution in [2.45, 2.75) is 90.3 Å². The predicted octanol–water partition coefficient (Wildman–Crippen LogP) is 4.73. The Morgan fingerprint density at radius 2 is 1.62 bits per heavy atom. The number of epoxide rings is 1. The second kappa shape index (κ2) is 13.5. The van der Waals surface area contributed by atoms with E-state index in [1.165, 1.54) is 51.4 Å². The van der Waals surface area contributed by atoms with Crippen molar-refractivity contribution in [3.8, 4) is 0 Å². The Labute approximate surface area is 131 Å². The number of hydrogen-bond acceptors (Lipinski definition) is 3. The van der Waals surface area contributed by atoms with Crippen molar-refractivity contribution in [3.05, 3.63) is 0 Å². The molecular weight excluding hydrogens is 264 g/mol. The molecule has 21 heavy (non-hydrogen) atoms. The van der Waals surface area contributed by atoms with Gasteiger partial charge in [0.25, 0.3) is 0 Å². The maximum atomic E-state index is 5.85. The summed E-state index contributed by atoms with van der Waals surface area (Å²) in [6.45, 7) is 7.71. The Bertz CT molecular complexity index is 217. The van der Waals surface area contributed by atoms with Crippen molar-refractivity contribution >= 4 is 0 Å². The summed E-state index contributed by atoms with van der Waals surface area (Å²) in [4.78, 5) is 0. The van der Waals surface area contributed by atoms with Crippen LogP contribution >= 0.6 is 0 Å². The first-order valence-electron chi connectivity index (χ1n) is 9.17. The molecule has 1 heterocycles. The molecule has 0 spiro atoms. The lowest BCUT2D eigenvalue weighted by molar-refractivity contribution is 0.0371. The molecule has 1 aliphatic heterocycles. The maximum Gasteiger partial charge on any atom is 0.104 e. The molecule has 0 aromatic heterocycles. The molecule has 1 fully saturated rings. The lowest BCUT2D eigenvalue weighted by Crippen LogP contribution is -2.14. The molecule has 3 heteroatoms. The first-order chi connectivity index (χ1) is 10.4. The van der Waals surface area contributed by atoms with Crippen molar-refractivity contribution in [2.75, 3.05) is 26.4 Å². The van der Waals surface area contributed by atoms with Crippen LogP contribution in [0.3, 0.4) is 0 Å². The van der Waals surface area contributed by atoms with E-state index in [-0.39, 0.29) is 0 Å². The largest absolute Gasteiger partial charge is 0.379 e. The quantitative estimate of drug-likeness (QED) is 0.305. The summed E-state index contributed by atoms with van der Waals surface area (Å²) < 4.78 is 16.6. The van der Waals surface area contributed by atoms with Gasteiger partial charge in [0.05, 0.1) is 19.3 Å². The molecule has 2 atom stereocenters. The number of ether oxygens (including phenoxy) is 3. The van der Waals surface area contributed by atoms with Crippen LogP contribution in [-0.4, -0.2) is 38.6 Å². The predicted molar refractivity (Wildman–Crippen MR) is 87.8 cm³/mol. The van der Waals surface area contributed by atoms with Gasteiger partial charge in [0.2, 0.25) is 0 Å². The lowest BCUT2D eigenvalue weighted by atomic mass is 10.0. The fraction of sp³-hybridized carbons (Fsp3) is 1.00. The Hall–Kier alpha value is -0.120. The number of hydrogen-bond donors (Lipinski definition) is 0. The van der Waals surface area contributed by atoms with Gasteiger partial charge in [-0.25, -0.2) is 0 Å². The zero-order valence-electron chi connectivity index (χ0n) is 14.3. The normalized spacial score (nSPS) is 18.9. The molecule has 3 nitrogen and oxygen atoms in total. The van der Waals surface area contributed by atoms with Gasteiger partial charge in [-0.3, -0.25) is 0 Å². The van der Waals surface area contributed by atoms with Gasteiger partial charge in [-0.05, 0) is 26.2 Å². The van der Waals surface area contributed by atoms with Crippen molar-refractivity contribution < 1.29 is 14.2 Å². The minimum Gasteiger partial charge on any atom is -0.379 e. The summed E-state index contributed by atoms with van der Waals surface area (Å²) in [5.74, 6) is 0. The molecule has 126 valence electrons. The van der Waals surface area contributed by atoms with Crippen molar-refractivity contribution in [3.63, 3.8) is 0 Å². The fourth-order valence-corrected chi connectivity index (χ4v) is 2.67. The highest BCUT2D eigenvalue weighted by Gasteiger charge is 2.22. The second-order valence-corrected chi connectivity index (χ2v) is 6.16. The standard InChI is InChI=1S/C18H36O3/c1-3-5-6-7-8-9-10-12-17(20-4-2)13-11-14-19-15-18-16-21-18/h17-18H,3-16H2,1-2H3. The maximum absolute atomic E-state index is 5.85. The SMILES string of the molecule is CCCCCCCCCC(CCCOCC1CO1)OCC. The van der Waals surface area contributed by atoms with Crippen molar-refractivity contribution in [1.29, 1.82) is 0 Å². The highest BCUT2D eigenvalue weighted by molar-refractivity contribution is 4.67. The molecule has 0 N–H and O–H groups in total. The van der Waals surface area contributed by atoms with Crippen LogP contribution in [0.4, 0.5) is 0 Å². The number of rotatable bonds is 16. The molecular formula is C18H36O3. The smallest absolute Gasteiger partial charge is 0.104 e. The van der Waals surface area contributed by atoms with Gasteiger partial charge in [-0.1, -0.05) is 51.9 Å². The highest BCUT2D eigenvalue weighted by Crippen LogP contribution is 2.15. The molecule has 2 unspecified atom stereocenters. The third-order valence-electron chi connectivity index (χ3n) is 4.05. The van der Waals surface area contributed by atoms with Gasteiger partial charge in [-0.15, -0.1) is 0 Å². The average Bonchev–Trinajstić information content (AvgIpc) is 3.30. The Morgan fingerprint density at radius 1 is 0.952 bits per heavy atom. The van der Waals surface area contributed by atoms with E-state index < -0.39 is 0 Å². The summed E-state index contributed by atoms with van der Waals surface area (Å²) in [6.07, 6.45) is 13.9. The van der Waals surface area contributed by atoms with E-state index in [4.69, 9.17) is 14.2 Å². The minimum absolute atomic E-state index is 0.389. The van der Waals surface area contributed by atoms with Crippen LogP contribution in [0.5, 0.6) is 0 Å². The van der Waals surface area contributed by atoms with Gasteiger partial charge in [-0.2, -0.15) is 0 Å². The molecule has 0 bridgehead atoms. The lowest BCUT2D eigenvalue weighted by Gasteiger charge is -2.17. The molecule has 1 saturated heterocycles. The van der Waals surface area contributed by atoms with Crippen LogP contribution in [0.2, 0.25) is 0 Å². The molecule has 0 radical (unpaired) electrons. The van der Waals surface area contributed by atoms with E-state index in [1.807, 2.05) is 0 Å². The molecule has 1 rings (SSSR count). The van der Waals surface area contributed by atoms with Gasteiger partial charge < -0.3 is 14.2 Å². The molecule has 1 aliphatic rings. The number of unbranched alkanes of at least 4 members (excludes halogenated alkanes) is 6. The Morgan fingerprint density at radius 3 is 2.29 bits per heavy atom. The van der Waals surface area contributed by atoms with Crippen molar-refractivity contribution in [1.82, 2.24) is 0 Å². The molecule has 0 aromatic rings. The third kappa shape index (κ3) is 12.1. The van der Waals surface area contributed by atoms with Crippen LogP contribution in [0.15, 0.2) is 0 Å². The molecule has 0 aliphatic carbocycles. The molecule has 0 amide bonds. The average molecular weight is 300 g/mol. The van der Waals surface area contributed by atoms with E-state index in [0.717, 1.165) is 39.3 Å². The van der Waals surface area contributed by atoms with Crippen LogP contribution in [0.25, 0.3) is 0 Å². The van der Waals surface area contributed by atoms with Crippen LogP contribution in [0.1, 0.15) is 78.1 Å². The fourth-order valence-electron chi connectivity index (χ4n) is 2.67. The van der Waals surface area contributed by atoms with E-state index in [1.54, 1.807) is 0 Å². The Balaban J connectivity index is 1.89. The summed E-state index contributed by atoms with van der Waals surface area (Å²) in [5, 5.41) is 0. The van der Waals surface area contributed by atoms with Gasteiger partial charge >= 0.3 is 0 Å². The first kappa shape index (κ1) is 18.9. The van der Waals surface area contributed by atoms with E-state index in [9.17, 15) is 0 Å². The third-order valence-corrected chi connectivity index (χ3v) is 4.05. The van der Waals surface area contributed by atoms with Crippen LogP contribution in [0, 0.1) is 0 Å². The highest BCUT2D eigenvalue weighted by atomic mass is 16.6. The van der Waals surface area contributed by atoms with E-state index in [0.29, 0.717) is 12.2 Å². The van der Waals surface area contributed by atoms with E-state index >= 15 is 0 Å². The zero-order chi connectivity index (χ0) is 15.2. The monoisotopic (exact) mass is 300 g/mol. The molecule has 0 aromatic carbocycles. The first-order valence-corrected chi connectivity index (χ1v) is 9.17. The summed E-state index contributed by atoms with van der Waals surface area (Å²) >= 11 is 0. The molecule has 0 saturated carbocycles. The second-order valence-electron chi connectivity index (χ2n) is 6.16. The van der Waals surface area contributed by atoms with E-state index in [2.05, 4.69) is 13.8 Å². The van der Waals surface area contributed by atoms with Gasteiger partial charge in [0, 0.05) is 13.2 Å². The summed E-state index contributed by atoms with van der Waals surface area (Å²) in [6, 6.07) is 0. The zero-order valence-corrected chi connectivity index (χ0v) is 14.3. The van der Waals surface area contributed by atoms with Crippen LogP contribution < -0.4 is 0 Å². The van der Waals surface area contributed by atoms with Gasteiger partial charge in [0.1, 0.15) is 6.10 Å². The van der Waals surface area contributed by atoms with Crippen molar-refractivity contribution in [2.24, 2.45) is 0 Å².